The number of hydrogen-bond acceptors (Lipinski definition) is 7. The zero-order chi connectivity index (χ0) is 19.5. The minimum absolute atomic E-state index is 0.122. The van der Waals surface area contributed by atoms with Crippen LogP contribution in [0.1, 0.15) is 5.56 Å². The number of nitrogens with zero attached hydrogens (tertiary/aromatic N) is 3. The van der Waals surface area contributed by atoms with Crippen LogP contribution in [-0.4, -0.2) is 52.1 Å². The summed E-state index contributed by atoms with van der Waals surface area (Å²) in [6, 6.07) is 10.8. The molecule has 2 fully saturated rings. The van der Waals surface area contributed by atoms with Crippen LogP contribution in [0.2, 0.25) is 0 Å². The smallest absolute Gasteiger partial charge is 0.414 e. The van der Waals surface area contributed by atoms with Gasteiger partial charge in [0.15, 0.2) is 6.10 Å². The summed E-state index contributed by atoms with van der Waals surface area (Å²) in [5.41, 5.74) is 1.59. The van der Waals surface area contributed by atoms with Crippen LogP contribution in [0.5, 0.6) is 5.75 Å². The van der Waals surface area contributed by atoms with Gasteiger partial charge in [0.25, 0.3) is 5.24 Å². The fourth-order valence-corrected chi connectivity index (χ4v) is 3.69. The number of carbonyl (C=O) groups excluding carboxylic acids is 3. The van der Waals surface area contributed by atoms with Gasteiger partial charge in [-0.15, -0.1) is 0 Å². The molecule has 2 aliphatic heterocycles. The lowest BCUT2D eigenvalue weighted by Crippen LogP contribution is -2.26. The van der Waals surface area contributed by atoms with Crippen LogP contribution in [0.3, 0.4) is 0 Å². The first-order valence-electron chi connectivity index (χ1n) is 8.68. The normalized spacial score (nSPS) is 19.3. The Morgan fingerprint density at radius 3 is 2.75 bits per heavy atom. The quantitative estimate of drug-likeness (QED) is 0.738. The van der Waals surface area contributed by atoms with E-state index in [0.717, 1.165) is 23.0 Å². The number of carbonyl (C=O) groups is 3. The SMILES string of the molecule is O=C1CN(Cc2cccc(OCC3CN(c4ccncc4)C(=O)O3)c2)C(=O)S1. The summed E-state index contributed by atoms with van der Waals surface area (Å²) in [6.07, 6.45) is 2.44. The third-order valence-electron chi connectivity index (χ3n) is 4.34. The molecule has 0 aliphatic carbocycles. The Bertz CT molecular complexity index is 907. The monoisotopic (exact) mass is 399 g/mol. The van der Waals surface area contributed by atoms with Gasteiger partial charge >= 0.3 is 6.09 Å². The maximum Gasteiger partial charge on any atom is 0.414 e. The number of rotatable bonds is 6. The van der Waals surface area contributed by atoms with Crippen LogP contribution in [0, 0.1) is 0 Å². The van der Waals surface area contributed by atoms with Gasteiger partial charge in [0.1, 0.15) is 12.4 Å². The third kappa shape index (κ3) is 4.09. The van der Waals surface area contributed by atoms with E-state index in [-0.39, 0.29) is 23.5 Å². The Labute approximate surface area is 165 Å². The average molecular weight is 399 g/mol. The Morgan fingerprint density at radius 2 is 2.00 bits per heavy atom. The van der Waals surface area contributed by atoms with E-state index in [0.29, 0.717) is 18.8 Å². The number of pyridine rings is 1. The van der Waals surface area contributed by atoms with Crippen molar-refractivity contribution in [3.63, 3.8) is 0 Å². The third-order valence-corrected chi connectivity index (χ3v) is 5.13. The molecule has 0 bridgehead atoms. The molecule has 1 aromatic heterocycles. The molecule has 28 heavy (non-hydrogen) atoms. The predicted octanol–water partition coefficient (Wildman–Crippen LogP) is 2.68. The molecule has 2 aliphatic rings. The molecule has 1 aromatic carbocycles. The van der Waals surface area contributed by atoms with E-state index < -0.39 is 12.2 Å². The maximum atomic E-state index is 12.1. The van der Waals surface area contributed by atoms with Gasteiger partial charge in [-0.2, -0.15) is 0 Å². The molecule has 0 radical (unpaired) electrons. The molecule has 1 atom stereocenters. The fraction of sp³-hybridized carbons (Fsp3) is 0.263. The van der Waals surface area contributed by atoms with Crippen molar-refractivity contribution in [3.8, 4) is 5.75 Å². The van der Waals surface area contributed by atoms with Crippen LogP contribution in [0.25, 0.3) is 0 Å². The Balaban J connectivity index is 1.33. The maximum absolute atomic E-state index is 12.1. The van der Waals surface area contributed by atoms with Crippen molar-refractivity contribution in [2.24, 2.45) is 0 Å². The van der Waals surface area contributed by atoms with E-state index in [1.807, 2.05) is 18.2 Å². The van der Waals surface area contributed by atoms with Crippen molar-refractivity contribution in [2.45, 2.75) is 12.6 Å². The van der Waals surface area contributed by atoms with Gasteiger partial charge in [-0.05, 0) is 29.8 Å². The van der Waals surface area contributed by atoms with E-state index in [9.17, 15) is 14.4 Å². The van der Waals surface area contributed by atoms with Crippen molar-refractivity contribution in [1.82, 2.24) is 9.88 Å². The number of thioether (sulfide) groups is 1. The van der Waals surface area contributed by atoms with Crippen LogP contribution < -0.4 is 9.64 Å². The highest BCUT2D eigenvalue weighted by Gasteiger charge is 2.33. The molecule has 144 valence electrons. The number of anilines is 1. The van der Waals surface area contributed by atoms with Crippen LogP contribution in [0.4, 0.5) is 15.3 Å². The lowest BCUT2D eigenvalue weighted by Gasteiger charge is -2.15. The van der Waals surface area contributed by atoms with E-state index in [1.165, 1.54) is 4.90 Å². The van der Waals surface area contributed by atoms with E-state index >= 15 is 0 Å². The highest BCUT2D eigenvalue weighted by atomic mass is 32.2. The highest BCUT2D eigenvalue weighted by molar-refractivity contribution is 8.26. The second-order valence-corrected chi connectivity index (χ2v) is 7.38. The second kappa shape index (κ2) is 7.89. The molecule has 8 nitrogen and oxygen atoms in total. The van der Waals surface area contributed by atoms with E-state index in [1.54, 1.807) is 35.5 Å². The van der Waals surface area contributed by atoms with Gasteiger partial charge in [0.05, 0.1) is 18.8 Å². The number of aromatic nitrogens is 1. The molecule has 0 N–H and O–H groups in total. The van der Waals surface area contributed by atoms with Crippen molar-refractivity contribution < 1.29 is 23.9 Å². The van der Waals surface area contributed by atoms with Gasteiger partial charge in [-0.1, -0.05) is 12.1 Å². The molecule has 4 rings (SSSR count). The Morgan fingerprint density at radius 1 is 1.18 bits per heavy atom. The minimum Gasteiger partial charge on any atom is -0.490 e. The summed E-state index contributed by atoms with van der Waals surface area (Å²) in [5, 5.41) is -0.371. The van der Waals surface area contributed by atoms with Crippen molar-refractivity contribution >= 4 is 33.9 Å². The van der Waals surface area contributed by atoms with Crippen molar-refractivity contribution in [2.75, 3.05) is 24.6 Å². The van der Waals surface area contributed by atoms with Gasteiger partial charge < -0.3 is 14.4 Å². The van der Waals surface area contributed by atoms with Gasteiger partial charge in [-0.3, -0.25) is 19.5 Å². The van der Waals surface area contributed by atoms with Gasteiger partial charge in [-0.25, -0.2) is 4.79 Å². The summed E-state index contributed by atoms with van der Waals surface area (Å²) in [7, 11) is 0. The van der Waals surface area contributed by atoms with E-state index in [2.05, 4.69) is 4.98 Å². The molecule has 2 aromatic rings. The predicted molar refractivity (Wildman–Crippen MR) is 102 cm³/mol. The van der Waals surface area contributed by atoms with Crippen LogP contribution in [0.15, 0.2) is 48.8 Å². The number of cyclic esters (lactones) is 1. The number of hydrogen-bond donors (Lipinski definition) is 0. The van der Waals surface area contributed by atoms with Gasteiger partial charge in [0, 0.05) is 30.7 Å². The van der Waals surface area contributed by atoms with Crippen molar-refractivity contribution in [1.29, 1.82) is 0 Å². The number of amides is 2. The van der Waals surface area contributed by atoms with E-state index in [4.69, 9.17) is 9.47 Å². The molecule has 0 spiro atoms. The van der Waals surface area contributed by atoms with Crippen LogP contribution >= 0.6 is 11.8 Å². The summed E-state index contributed by atoms with van der Waals surface area (Å²) in [6.45, 7) is 1.08. The molecule has 2 saturated heterocycles. The zero-order valence-corrected chi connectivity index (χ0v) is 15.6. The summed E-state index contributed by atoms with van der Waals surface area (Å²) < 4.78 is 11.1. The first kappa shape index (κ1) is 18.3. The molecule has 2 amide bonds. The lowest BCUT2D eigenvalue weighted by atomic mass is 10.2. The summed E-state index contributed by atoms with van der Waals surface area (Å²) in [5.74, 6) is 0.613. The first-order chi connectivity index (χ1) is 13.6. The van der Waals surface area contributed by atoms with Gasteiger partial charge in [0.2, 0.25) is 5.12 Å². The molecule has 3 heterocycles. The number of ether oxygens (including phenoxy) is 2. The van der Waals surface area contributed by atoms with Crippen molar-refractivity contribution in [3.05, 3.63) is 54.4 Å². The molecule has 0 saturated carbocycles. The summed E-state index contributed by atoms with van der Waals surface area (Å²) >= 11 is 0.737. The summed E-state index contributed by atoms with van der Waals surface area (Å²) in [4.78, 5) is 42.1. The largest absolute Gasteiger partial charge is 0.490 e. The second-order valence-electron chi connectivity index (χ2n) is 6.38. The average Bonchev–Trinajstić information content (AvgIpc) is 3.22. The molecule has 9 heteroatoms. The number of benzene rings is 1. The fourth-order valence-electron chi connectivity index (χ4n) is 3.02. The molecule has 1 unspecified atom stereocenters. The highest BCUT2D eigenvalue weighted by Crippen LogP contribution is 2.24. The zero-order valence-electron chi connectivity index (χ0n) is 14.8. The first-order valence-corrected chi connectivity index (χ1v) is 9.49. The van der Waals surface area contributed by atoms with Crippen LogP contribution in [-0.2, 0) is 16.1 Å². The Kier molecular flexibility index (Phi) is 5.16. The standard InChI is InChI=1S/C19H17N3O5S/c23-17-11-21(19(25)28-17)9-13-2-1-3-15(8-13)26-12-16-10-22(18(24)27-16)14-4-6-20-7-5-14/h1-8,16H,9-12H2. The minimum atomic E-state index is -0.414. The lowest BCUT2D eigenvalue weighted by molar-refractivity contribution is -0.110. The molecular formula is C19H17N3O5S. The topological polar surface area (TPSA) is 89.0 Å². The Hall–Kier alpha value is -3.07. The molecular weight excluding hydrogens is 382 g/mol.